The SMILES string of the molecule is COC1=NN(C)CC(C(=O)Nc2cccc(-c3cccc(B4OC(C)(C)C(C)(C)O4)c3Cl)c2Cl)=C1. The van der Waals surface area contributed by atoms with Crippen molar-refractivity contribution >= 4 is 53.3 Å². The number of anilines is 1. The summed E-state index contributed by atoms with van der Waals surface area (Å²) in [5.41, 5.74) is 2.10. The van der Waals surface area contributed by atoms with Crippen LogP contribution in [0.2, 0.25) is 10.0 Å². The van der Waals surface area contributed by atoms with Gasteiger partial charge in [-0.15, -0.1) is 5.10 Å². The van der Waals surface area contributed by atoms with Gasteiger partial charge < -0.3 is 19.4 Å². The third kappa shape index (κ3) is 4.93. The average Bonchev–Trinajstić information content (AvgIpc) is 3.01. The fraction of sp³-hybridized carbons (Fsp3) is 0.360. The Balaban J connectivity index is 1.64. The molecule has 2 aromatic carbocycles. The Labute approximate surface area is 216 Å². The maximum absolute atomic E-state index is 13.0. The van der Waals surface area contributed by atoms with Crippen LogP contribution >= 0.6 is 23.2 Å². The number of methoxy groups -OCH3 is 1. The Morgan fingerprint density at radius 1 is 1.06 bits per heavy atom. The minimum Gasteiger partial charge on any atom is -0.480 e. The van der Waals surface area contributed by atoms with Gasteiger partial charge in [0.05, 0.1) is 35.6 Å². The van der Waals surface area contributed by atoms with Crippen LogP contribution in [-0.4, -0.2) is 55.8 Å². The predicted octanol–water partition coefficient (Wildman–Crippen LogP) is 4.73. The summed E-state index contributed by atoms with van der Waals surface area (Å²) in [5.74, 6) is 0.0625. The molecular weight excluding hydrogens is 488 g/mol. The van der Waals surface area contributed by atoms with Gasteiger partial charge in [-0.1, -0.05) is 53.5 Å². The quantitative estimate of drug-likeness (QED) is 0.596. The second kappa shape index (κ2) is 9.50. The molecule has 7 nitrogen and oxygen atoms in total. The van der Waals surface area contributed by atoms with Gasteiger partial charge in [0.1, 0.15) is 0 Å². The van der Waals surface area contributed by atoms with Crippen molar-refractivity contribution in [2.24, 2.45) is 5.10 Å². The molecule has 2 aliphatic heterocycles. The van der Waals surface area contributed by atoms with Gasteiger partial charge in [-0.2, -0.15) is 0 Å². The number of halogens is 2. The highest BCUT2D eigenvalue weighted by atomic mass is 35.5. The fourth-order valence-electron chi connectivity index (χ4n) is 3.86. The van der Waals surface area contributed by atoms with Gasteiger partial charge in [-0.3, -0.25) is 9.80 Å². The molecule has 0 radical (unpaired) electrons. The normalized spacial score (nSPS) is 18.7. The summed E-state index contributed by atoms with van der Waals surface area (Å²) in [4.78, 5) is 13.0. The van der Waals surface area contributed by atoms with E-state index >= 15 is 0 Å². The van der Waals surface area contributed by atoms with Crippen molar-refractivity contribution in [1.29, 1.82) is 0 Å². The zero-order valence-electron chi connectivity index (χ0n) is 20.6. The fourth-order valence-corrected chi connectivity index (χ4v) is 4.45. The standard InChI is InChI=1S/C25H28BCl2N3O4/c1-24(2)25(3,4)35-26(34-24)18-11-7-9-16(21(18)27)17-10-8-12-19(22(17)28)29-23(32)15-13-20(33-6)30-31(5)14-15/h7-13H,14H2,1-6H3,(H,29,32). The minimum absolute atomic E-state index is 0.294. The van der Waals surface area contributed by atoms with Gasteiger partial charge in [0.2, 0.25) is 5.90 Å². The molecule has 0 bridgehead atoms. The van der Waals surface area contributed by atoms with E-state index in [2.05, 4.69) is 10.4 Å². The van der Waals surface area contributed by atoms with Gasteiger partial charge in [-0.25, -0.2) is 0 Å². The van der Waals surface area contributed by atoms with Gasteiger partial charge >= 0.3 is 7.12 Å². The third-order valence-electron chi connectivity index (χ3n) is 6.54. The van der Waals surface area contributed by atoms with E-state index in [1.165, 1.54) is 7.11 Å². The highest BCUT2D eigenvalue weighted by Crippen LogP contribution is 2.40. The zero-order chi connectivity index (χ0) is 25.5. The molecule has 2 aromatic rings. The van der Waals surface area contributed by atoms with E-state index in [1.54, 1.807) is 24.2 Å². The van der Waals surface area contributed by atoms with Crippen molar-refractivity contribution in [2.75, 3.05) is 26.0 Å². The molecule has 1 saturated heterocycles. The topological polar surface area (TPSA) is 72.4 Å². The summed E-state index contributed by atoms with van der Waals surface area (Å²) < 4.78 is 17.6. The Hall–Kier alpha value is -2.52. The van der Waals surface area contributed by atoms with Crippen molar-refractivity contribution in [3.05, 3.63) is 58.1 Å². The average molecular weight is 516 g/mol. The lowest BCUT2D eigenvalue weighted by atomic mass is 9.77. The van der Waals surface area contributed by atoms with Gasteiger partial charge in [-0.05, 0) is 33.8 Å². The number of hydrogen-bond donors (Lipinski definition) is 1. The van der Waals surface area contributed by atoms with E-state index < -0.39 is 18.3 Å². The van der Waals surface area contributed by atoms with Crippen molar-refractivity contribution in [3.63, 3.8) is 0 Å². The number of hydrazone groups is 1. The van der Waals surface area contributed by atoms with Crippen LogP contribution in [0.25, 0.3) is 11.1 Å². The van der Waals surface area contributed by atoms with Crippen molar-refractivity contribution in [3.8, 4) is 11.1 Å². The first-order valence-corrected chi connectivity index (χ1v) is 12.0. The van der Waals surface area contributed by atoms with Crippen molar-refractivity contribution in [1.82, 2.24) is 5.01 Å². The van der Waals surface area contributed by atoms with E-state index in [0.717, 1.165) is 5.46 Å². The summed E-state index contributed by atoms with van der Waals surface area (Å²) in [6, 6.07) is 11.1. The van der Waals surface area contributed by atoms with Gasteiger partial charge in [0.25, 0.3) is 5.91 Å². The number of carbonyl (C=O) groups excluding carboxylic acids is 1. The molecule has 1 amide bonds. The maximum Gasteiger partial charge on any atom is 0.496 e. The third-order valence-corrected chi connectivity index (χ3v) is 7.37. The first-order valence-electron chi connectivity index (χ1n) is 11.2. The molecule has 2 heterocycles. The molecule has 2 aliphatic rings. The maximum atomic E-state index is 13.0. The molecule has 0 spiro atoms. The number of nitrogens with zero attached hydrogens (tertiary/aromatic N) is 2. The number of nitrogens with one attached hydrogen (secondary N) is 1. The van der Waals surface area contributed by atoms with Crippen LogP contribution in [0.1, 0.15) is 27.7 Å². The van der Waals surface area contributed by atoms with Crippen LogP contribution in [0, 0.1) is 0 Å². The molecule has 0 aromatic heterocycles. The molecule has 0 aliphatic carbocycles. The lowest BCUT2D eigenvalue weighted by molar-refractivity contribution is -0.113. The summed E-state index contributed by atoms with van der Waals surface area (Å²) in [6.07, 6.45) is 1.61. The number of ether oxygens (including phenoxy) is 1. The molecule has 35 heavy (non-hydrogen) atoms. The predicted molar refractivity (Wildman–Crippen MR) is 141 cm³/mol. The highest BCUT2D eigenvalue weighted by molar-refractivity contribution is 6.66. The van der Waals surface area contributed by atoms with Crippen LogP contribution < -0.4 is 10.8 Å². The minimum atomic E-state index is -0.610. The Morgan fingerprint density at radius 2 is 1.66 bits per heavy atom. The van der Waals surface area contributed by atoms with E-state index in [9.17, 15) is 4.79 Å². The second-order valence-corrected chi connectivity index (χ2v) is 10.3. The highest BCUT2D eigenvalue weighted by Gasteiger charge is 2.52. The molecular formula is C25H28BCl2N3O4. The second-order valence-electron chi connectivity index (χ2n) is 9.55. The number of hydrogen-bond acceptors (Lipinski definition) is 6. The molecule has 0 saturated carbocycles. The molecule has 184 valence electrons. The van der Waals surface area contributed by atoms with Crippen molar-refractivity contribution < 1.29 is 18.8 Å². The Morgan fingerprint density at radius 3 is 2.29 bits per heavy atom. The first-order chi connectivity index (χ1) is 16.4. The summed E-state index contributed by atoms with van der Waals surface area (Å²) in [7, 11) is 2.66. The van der Waals surface area contributed by atoms with Gasteiger partial charge in [0.15, 0.2) is 0 Å². The first kappa shape index (κ1) is 25.6. The number of rotatable bonds is 4. The lowest BCUT2D eigenvalue weighted by Crippen LogP contribution is -2.41. The molecule has 4 rings (SSSR count). The number of benzene rings is 2. The van der Waals surface area contributed by atoms with Crippen LogP contribution in [-0.2, 0) is 18.8 Å². The number of amides is 1. The number of carbonyl (C=O) groups is 1. The molecule has 1 fully saturated rings. The van der Waals surface area contributed by atoms with Gasteiger partial charge in [0, 0.05) is 40.3 Å². The molecule has 10 heteroatoms. The summed E-state index contributed by atoms with van der Waals surface area (Å²) in [5, 5.41) is 9.57. The number of likely N-dealkylation sites (N-methyl/N-ethyl adjacent to an activating group) is 1. The van der Waals surface area contributed by atoms with Crippen LogP contribution in [0.5, 0.6) is 0 Å². The lowest BCUT2D eigenvalue weighted by Gasteiger charge is -2.32. The van der Waals surface area contributed by atoms with E-state index in [-0.39, 0.29) is 5.91 Å². The largest absolute Gasteiger partial charge is 0.496 e. The molecule has 1 N–H and O–H groups in total. The smallest absolute Gasteiger partial charge is 0.480 e. The van der Waals surface area contributed by atoms with Crippen LogP contribution in [0.15, 0.2) is 53.1 Å². The van der Waals surface area contributed by atoms with Crippen LogP contribution in [0.4, 0.5) is 5.69 Å². The monoisotopic (exact) mass is 515 g/mol. The Kier molecular flexibility index (Phi) is 6.94. The van der Waals surface area contributed by atoms with Crippen molar-refractivity contribution in [2.45, 2.75) is 38.9 Å². The zero-order valence-corrected chi connectivity index (χ0v) is 22.1. The summed E-state index contributed by atoms with van der Waals surface area (Å²) in [6.45, 7) is 8.32. The molecule has 0 unspecified atom stereocenters. The van der Waals surface area contributed by atoms with Crippen LogP contribution in [0.3, 0.4) is 0 Å². The summed E-state index contributed by atoms with van der Waals surface area (Å²) >= 11 is 13.6. The molecule has 0 atom stereocenters. The van der Waals surface area contributed by atoms with E-state index in [0.29, 0.717) is 44.9 Å². The Bertz CT molecular complexity index is 1210. The van der Waals surface area contributed by atoms with E-state index in [4.69, 9.17) is 37.2 Å². The van der Waals surface area contributed by atoms with E-state index in [1.807, 2.05) is 58.0 Å².